The van der Waals surface area contributed by atoms with Crippen LogP contribution in [0.15, 0.2) is 29.4 Å². The van der Waals surface area contributed by atoms with Crippen molar-refractivity contribution < 1.29 is 14.7 Å². The molecule has 0 atom stereocenters. The minimum atomic E-state index is -1.12. The van der Waals surface area contributed by atoms with Crippen molar-refractivity contribution >= 4 is 11.9 Å². The van der Waals surface area contributed by atoms with Gasteiger partial charge in [-0.3, -0.25) is 9.59 Å². The Morgan fingerprint density at radius 1 is 1.42 bits per heavy atom. The number of nitrogens with zero attached hydrogens (tertiary/aromatic N) is 3. The lowest BCUT2D eigenvalue weighted by Crippen LogP contribution is -2.29. The van der Waals surface area contributed by atoms with Gasteiger partial charge >= 0.3 is 5.97 Å². The SMILES string of the molecule is [N-]=[N+]=NCC#Cc1ccccc1C(=O)NCC(=O)O. The van der Waals surface area contributed by atoms with E-state index in [1.54, 1.807) is 18.2 Å². The third-order valence-electron chi connectivity index (χ3n) is 2.01. The molecule has 19 heavy (non-hydrogen) atoms. The molecule has 0 spiro atoms. The first-order valence-electron chi connectivity index (χ1n) is 5.24. The quantitative estimate of drug-likeness (QED) is 0.365. The number of amides is 1. The average molecular weight is 258 g/mol. The van der Waals surface area contributed by atoms with Crippen LogP contribution in [0.25, 0.3) is 10.4 Å². The number of nitrogens with one attached hydrogen (secondary N) is 1. The molecule has 1 amide bonds. The molecule has 1 aromatic rings. The highest BCUT2D eigenvalue weighted by atomic mass is 16.4. The van der Waals surface area contributed by atoms with Crippen LogP contribution in [-0.2, 0) is 4.79 Å². The van der Waals surface area contributed by atoms with Gasteiger partial charge in [-0.15, -0.1) is 0 Å². The van der Waals surface area contributed by atoms with Gasteiger partial charge in [0.15, 0.2) is 0 Å². The summed E-state index contributed by atoms with van der Waals surface area (Å²) in [6.07, 6.45) is 0. The zero-order valence-corrected chi connectivity index (χ0v) is 9.83. The highest BCUT2D eigenvalue weighted by molar-refractivity contribution is 5.98. The molecule has 0 radical (unpaired) electrons. The van der Waals surface area contributed by atoms with Crippen LogP contribution in [0.3, 0.4) is 0 Å². The Labute approximate surface area is 108 Å². The first-order chi connectivity index (χ1) is 9.15. The van der Waals surface area contributed by atoms with Crippen molar-refractivity contribution in [2.75, 3.05) is 13.1 Å². The Morgan fingerprint density at radius 2 is 2.16 bits per heavy atom. The van der Waals surface area contributed by atoms with E-state index in [0.29, 0.717) is 5.56 Å². The van der Waals surface area contributed by atoms with Crippen LogP contribution in [0.5, 0.6) is 0 Å². The first kappa shape index (κ1) is 14.1. The van der Waals surface area contributed by atoms with Gasteiger partial charge in [0.1, 0.15) is 6.54 Å². The van der Waals surface area contributed by atoms with Crippen molar-refractivity contribution in [3.05, 3.63) is 45.8 Å². The second-order valence-corrected chi connectivity index (χ2v) is 3.31. The summed E-state index contributed by atoms with van der Waals surface area (Å²) in [4.78, 5) is 24.7. The topological polar surface area (TPSA) is 115 Å². The van der Waals surface area contributed by atoms with E-state index in [0.717, 1.165) is 0 Å². The number of benzene rings is 1. The molecule has 0 aliphatic heterocycles. The summed E-state index contributed by atoms with van der Waals surface area (Å²) in [7, 11) is 0. The van der Waals surface area contributed by atoms with Crippen molar-refractivity contribution in [2.24, 2.45) is 5.11 Å². The molecule has 96 valence electrons. The summed E-state index contributed by atoms with van der Waals surface area (Å²) >= 11 is 0. The second kappa shape index (κ2) is 7.37. The smallest absolute Gasteiger partial charge is 0.322 e. The molecule has 1 aromatic carbocycles. The number of aliphatic carboxylic acids is 1. The Morgan fingerprint density at radius 3 is 2.84 bits per heavy atom. The largest absolute Gasteiger partial charge is 0.480 e. The van der Waals surface area contributed by atoms with E-state index >= 15 is 0 Å². The third kappa shape index (κ3) is 4.81. The van der Waals surface area contributed by atoms with Crippen LogP contribution in [0.4, 0.5) is 0 Å². The van der Waals surface area contributed by atoms with E-state index in [1.807, 2.05) is 0 Å². The fourth-order valence-electron chi connectivity index (χ4n) is 1.24. The Kier molecular flexibility index (Phi) is 5.47. The number of hydrogen-bond donors (Lipinski definition) is 2. The number of carbonyl (C=O) groups is 2. The Hall–Kier alpha value is -2.97. The molecule has 7 heteroatoms. The Balaban J connectivity index is 2.87. The van der Waals surface area contributed by atoms with Gasteiger partial charge in [-0.05, 0) is 17.7 Å². The van der Waals surface area contributed by atoms with E-state index in [1.165, 1.54) is 6.07 Å². The molecular formula is C12H10N4O3. The molecule has 0 saturated carbocycles. The lowest BCUT2D eigenvalue weighted by atomic mass is 10.1. The van der Waals surface area contributed by atoms with Gasteiger partial charge in [0.25, 0.3) is 5.91 Å². The molecule has 0 heterocycles. The van der Waals surface area contributed by atoms with Gasteiger partial charge in [-0.1, -0.05) is 29.1 Å². The number of hydrogen-bond acceptors (Lipinski definition) is 3. The highest BCUT2D eigenvalue weighted by Crippen LogP contribution is 2.06. The highest BCUT2D eigenvalue weighted by Gasteiger charge is 2.10. The Bertz CT molecular complexity index is 594. The zero-order chi connectivity index (χ0) is 14.1. The summed E-state index contributed by atoms with van der Waals surface area (Å²) in [6.45, 7) is -0.457. The van der Waals surface area contributed by atoms with Gasteiger partial charge < -0.3 is 10.4 Å². The predicted octanol–water partition coefficient (Wildman–Crippen LogP) is 1.16. The van der Waals surface area contributed by atoms with Crippen molar-refractivity contribution in [2.45, 2.75) is 0 Å². The van der Waals surface area contributed by atoms with Gasteiger partial charge in [0, 0.05) is 10.5 Å². The van der Waals surface area contributed by atoms with E-state index in [9.17, 15) is 9.59 Å². The summed E-state index contributed by atoms with van der Waals surface area (Å²) in [5, 5.41) is 14.0. The number of carboxylic acids is 1. The number of rotatable bonds is 4. The van der Waals surface area contributed by atoms with E-state index in [-0.39, 0.29) is 12.1 Å². The predicted molar refractivity (Wildman–Crippen MR) is 67.3 cm³/mol. The van der Waals surface area contributed by atoms with Crippen LogP contribution in [0.1, 0.15) is 15.9 Å². The van der Waals surface area contributed by atoms with Gasteiger partial charge in [-0.25, -0.2) is 0 Å². The standard InChI is InChI=1S/C12H10N4O3/c13-16-15-7-3-5-9-4-1-2-6-10(9)12(19)14-8-11(17)18/h1-2,4,6H,7-8H2,(H,14,19)(H,17,18). The minimum Gasteiger partial charge on any atom is -0.480 e. The molecule has 0 fully saturated rings. The normalized spacial score (nSPS) is 8.63. The number of azide groups is 1. The van der Waals surface area contributed by atoms with Crippen LogP contribution < -0.4 is 5.32 Å². The van der Waals surface area contributed by atoms with Crippen molar-refractivity contribution in [1.29, 1.82) is 0 Å². The van der Waals surface area contributed by atoms with Gasteiger partial charge in [0.2, 0.25) is 0 Å². The average Bonchev–Trinajstić information content (AvgIpc) is 2.41. The lowest BCUT2D eigenvalue weighted by molar-refractivity contribution is -0.135. The lowest BCUT2D eigenvalue weighted by Gasteiger charge is -2.04. The molecule has 0 aliphatic carbocycles. The minimum absolute atomic E-state index is 0.00157. The second-order valence-electron chi connectivity index (χ2n) is 3.31. The maximum Gasteiger partial charge on any atom is 0.322 e. The maximum absolute atomic E-state index is 11.7. The van der Waals surface area contributed by atoms with Crippen LogP contribution in [-0.4, -0.2) is 30.1 Å². The molecule has 0 aliphatic rings. The maximum atomic E-state index is 11.7. The molecule has 0 unspecified atom stereocenters. The molecule has 2 N–H and O–H groups in total. The van der Waals surface area contributed by atoms with E-state index < -0.39 is 18.4 Å². The summed E-state index contributed by atoms with van der Waals surface area (Å²) in [5.74, 6) is 3.65. The monoisotopic (exact) mass is 258 g/mol. The first-order valence-corrected chi connectivity index (χ1v) is 5.24. The number of carbonyl (C=O) groups excluding carboxylic acids is 1. The fourth-order valence-corrected chi connectivity index (χ4v) is 1.24. The van der Waals surface area contributed by atoms with Crippen LogP contribution in [0, 0.1) is 11.8 Å². The molecule has 0 saturated heterocycles. The summed E-state index contributed by atoms with van der Waals surface area (Å²) in [6, 6.07) is 6.51. The van der Waals surface area contributed by atoms with E-state index in [2.05, 4.69) is 27.2 Å². The van der Waals surface area contributed by atoms with Crippen LogP contribution >= 0.6 is 0 Å². The van der Waals surface area contributed by atoms with Crippen molar-refractivity contribution in [3.63, 3.8) is 0 Å². The molecule has 0 bridgehead atoms. The number of carboxylic acid groups (broad SMARTS) is 1. The van der Waals surface area contributed by atoms with E-state index in [4.69, 9.17) is 10.6 Å². The zero-order valence-electron chi connectivity index (χ0n) is 9.83. The molecule has 1 rings (SSSR count). The van der Waals surface area contributed by atoms with Gasteiger partial charge in [0.05, 0.1) is 12.1 Å². The summed E-state index contributed by atoms with van der Waals surface area (Å²) in [5.41, 5.74) is 8.82. The third-order valence-corrected chi connectivity index (χ3v) is 2.01. The molecule has 7 nitrogen and oxygen atoms in total. The fraction of sp³-hybridized carbons (Fsp3) is 0.167. The molecular weight excluding hydrogens is 248 g/mol. The molecule has 0 aromatic heterocycles. The van der Waals surface area contributed by atoms with Gasteiger partial charge in [-0.2, -0.15) is 0 Å². The van der Waals surface area contributed by atoms with Crippen LogP contribution in [0.2, 0.25) is 0 Å². The van der Waals surface area contributed by atoms with Crippen molar-refractivity contribution in [3.8, 4) is 11.8 Å². The summed E-state index contributed by atoms with van der Waals surface area (Å²) < 4.78 is 0. The van der Waals surface area contributed by atoms with Crippen molar-refractivity contribution in [1.82, 2.24) is 5.32 Å².